The van der Waals surface area contributed by atoms with E-state index in [1.165, 1.54) is 54.3 Å². The van der Waals surface area contributed by atoms with Crippen LogP contribution in [0.2, 0.25) is 0 Å². The van der Waals surface area contributed by atoms with E-state index in [1.54, 1.807) is 6.07 Å². The summed E-state index contributed by atoms with van der Waals surface area (Å²) in [6.07, 6.45) is 9.24. The van der Waals surface area contributed by atoms with Gasteiger partial charge in [-0.3, -0.25) is 14.2 Å². The number of amides is 1. The molecule has 0 spiro atoms. The Labute approximate surface area is 151 Å². The molecule has 1 aliphatic carbocycles. The smallest absolute Gasteiger partial charge is 0.262 e. The molecule has 2 heterocycles. The summed E-state index contributed by atoms with van der Waals surface area (Å²) in [5, 5.41) is 5.36. The van der Waals surface area contributed by atoms with E-state index in [0.29, 0.717) is 31.2 Å². The Morgan fingerprint density at radius 3 is 3.04 bits per heavy atom. The number of fused-ring (bicyclic) bond motifs is 1. The molecule has 0 bridgehead atoms. The highest BCUT2D eigenvalue weighted by Gasteiger charge is 2.13. The molecule has 0 aromatic carbocycles. The number of hydrogen-bond acceptors (Lipinski definition) is 5. The molecule has 6 nitrogen and oxygen atoms in total. The lowest BCUT2D eigenvalue weighted by molar-refractivity contribution is -0.121. The molecule has 0 unspecified atom stereocenters. The van der Waals surface area contributed by atoms with E-state index in [4.69, 9.17) is 4.74 Å². The van der Waals surface area contributed by atoms with Crippen molar-refractivity contribution < 1.29 is 9.53 Å². The van der Waals surface area contributed by atoms with Gasteiger partial charge in [-0.2, -0.15) is 0 Å². The summed E-state index contributed by atoms with van der Waals surface area (Å²) in [5.41, 5.74) is -0.0834. The zero-order valence-corrected chi connectivity index (χ0v) is 15.2. The second-order valence-electron chi connectivity index (χ2n) is 6.47. The molecule has 7 heteroatoms. The third-order valence-corrected chi connectivity index (χ3v) is 5.40. The van der Waals surface area contributed by atoms with Crippen molar-refractivity contribution in [2.75, 3.05) is 13.2 Å². The van der Waals surface area contributed by atoms with Crippen LogP contribution in [0.15, 0.2) is 22.6 Å². The second kappa shape index (κ2) is 9.10. The highest BCUT2D eigenvalue weighted by molar-refractivity contribution is 7.16. The van der Waals surface area contributed by atoms with Crippen LogP contribution in [0.25, 0.3) is 10.2 Å². The third kappa shape index (κ3) is 5.12. The van der Waals surface area contributed by atoms with E-state index in [2.05, 4.69) is 10.3 Å². The molecule has 1 aliphatic rings. The average molecular weight is 363 g/mol. The maximum atomic E-state index is 12.2. The Morgan fingerprint density at radius 1 is 1.36 bits per heavy atom. The molecule has 0 aliphatic heterocycles. The summed E-state index contributed by atoms with van der Waals surface area (Å²) >= 11 is 1.44. The highest BCUT2D eigenvalue weighted by atomic mass is 32.1. The van der Waals surface area contributed by atoms with Gasteiger partial charge < -0.3 is 10.1 Å². The number of ether oxygens (including phenoxy) is 1. The summed E-state index contributed by atoms with van der Waals surface area (Å²) in [5.74, 6) is -0.0463. The van der Waals surface area contributed by atoms with E-state index < -0.39 is 0 Å². The van der Waals surface area contributed by atoms with Crippen molar-refractivity contribution in [2.24, 2.45) is 0 Å². The number of aryl methyl sites for hydroxylation is 1. The Kier molecular flexibility index (Phi) is 6.58. The van der Waals surface area contributed by atoms with Gasteiger partial charge in [0.15, 0.2) is 0 Å². The van der Waals surface area contributed by atoms with Gasteiger partial charge in [-0.15, -0.1) is 11.3 Å². The van der Waals surface area contributed by atoms with Crippen LogP contribution in [0.1, 0.15) is 44.9 Å². The first kappa shape index (κ1) is 18.1. The molecule has 0 radical (unpaired) electrons. The van der Waals surface area contributed by atoms with E-state index >= 15 is 0 Å². The van der Waals surface area contributed by atoms with Crippen molar-refractivity contribution in [1.82, 2.24) is 14.9 Å². The van der Waals surface area contributed by atoms with Crippen LogP contribution in [-0.2, 0) is 16.1 Å². The van der Waals surface area contributed by atoms with Crippen LogP contribution < -0.4 is 10.9 Å². The van der Waals surface area contributed by atoms with Crippen LogP contribution in [0.3, 0.4) is 0 Å². The molecule has 2 aromatic heterocycles. The first-order valence-corrected chi connectivity index (χ1v) is 9.93. The van der Waals surface area contributed by atoms with Gasteiger partial charge in [0, 0.05) is 26.1 Å². The lowest BCUT2D eigenvalue weighted by atomic mass is 9.98. The summed E-state index contributed by atoms with van der Waals surface area (Å²) < 4.78 is 7.34. The van der Waals surface area contributed by atoms with E-state index in [0.717, 1.165) is 11.3 Å². The number of carbonyl (C=O) groups excluding carboxylic acids is 1. The van der Waals surface area contributed by atoms with Crippen molar-refractivity contribution in [1.29, 1.82) is 0 Å². The lowest BCUT2D eigenvalue weighted by Gasteiger charge is -2.21. The van der Waals surface area contributed by atoms with Crippen LogP contribution >= 0.6 is 11.3 Å². The van der Waals surface area contributed by atoms with Gasteiger partial charge in [-0.1, -0.05) is 19.3 Å². The van der Waals surface area contributed by atoms with E-state index in [-0.39, 0.29) is 17.9 Å². The first-order chi connectivity index (χ1) is 12.2. The maximum Gasteiger partial charge on any atom is 0.262 e. The molecule has 25 heavy (non-hydrogen) atoms. The van der Waals surface area contributed by atoms with Crippen molar-refractivity contribution in [3.63, 3.8) is 0 Å². The first-order valence-electron chi connectivity index (χ1n) is 9.05. The molecule has 1 amide bonds. The van der Waals surface area contributed by atoms with Crippen LogP contribution in [0.4, 0.5) is 0 Å². The fraction of sp³-hybridized carbons (Fsp3) is 0.611. The number of nitrogens with zero attached hydrogens (tertiary/aromatic N) is 2. The predicted molar refractivity (Wildman–Crippen MR) is 98.9 cm³/mol. The second-order valence-corrected chi connectivity index (χ2v) is 7.36. The SMILES string of the molecule is O=C(CCn1cnc2sccc2c1=O)NCCCOC1CCCCC1. The lowest BCUT2D eigenvalue weighted by Crippen LogP contribution is -2.29. The minimum atomic E-state index is -0.0834. The van der Waals surface area contributed by atoms with Crippen molar-refractivity contribution in [3.05, 3.63) is 28.1 Å². The molecular weight excluding hydrogens is 338 g/mol. The molecule has 0 atom stereocenters. The third-order valence-electron chi connectivity index (χ3n) is 4.58. The molecule has 1 fully saturated rings. The van der Waals surface area contributed by atoms with E-state index in [9.17, 15) is 9.59 Å². The maximum absolute atomic E-state index is 12.2. The van der Waals surface area contributed by atoms with Crippen LogP contribution in [0, 0.1) is 0 Å². The fourth-order valence-electron chi connectivity index (χ4n) is 3.14. The normalized spacial score (nSPS) is 15.5. The Balaban J connectivity index is 1.33. The van der Waals surface area contributed by atoms with Gasteiger partial charge in [0.1, 0.15) is 4.83 Å². The molecule has 3 rings (SSSR count). The topological polar surface area (TPSA) is 73.2 Å². The van der Waals surface area contributed by atoms with Gasteiger partial charge in [0.25, 0.3) is 5.56 Å². The van der Waals surface area contributed by atoms with E-state index in [1.807, 2.05) is 5.38 Å². The summed E-state index contributed by atoms with van der Waals surface area (Å²) in [4.78, 5) is 29.1. The zero-order valence-electron chi connectivity index (χ0n) is 14.4. The molecule has 1 N–H and O–H groups in total. The molecule has 0 saturated heterocycles. The van der Waals surface area contributed by atoms with Gasteiger partial charge in [-0.05, 0) is 30.7 Å². The summed E-state index contributed by atoms with van der Waals surface area (Å²) in [6, 6.07) is 1.78. The standard InChI is InChI=1S/C18H25N3O3S/c22-16(19-9-4-11-24-14-5-2-1-3-6-14)7-10-21-13-20-17-15(18(21)23)8-12-25-17/h8,12-14H,1-7,9-11H2,(H,19,22). The fourth-order valence-corrected chi connectivity index (χ4v) is 3.87. The molecule has 1 saturated carbocycles. The monoisotopic (exact) mass is 363 g/mol. The van der Waals surface area contributed by atoms with Crippen molar-refractivity contribution >= 4 is 27.5 Å². The van der Waals surface area contributed by atoms with Crippen LogP contribution in [0.5, 0.6) is 0 Å². The predicted octanol–water partition coefficient (Wildman–Crippen LogP) is 2.70. The zero-order chi connectivity index (χ0) is 17.5. The van der Waals surface area contributed by atoms with Crippen molar-refractivity contribution in [2.45, 2.75) is 57.6 Å². The minimum absolute atomic E-state index is 0.0463. The number of aromatic nitrogens is 2. The number of thiophene rings is 1. The van der Waals surface area contributed by atoms with Crippen LogP contribution in [-0.4, -0.2) is 34.7 Å². The largest absolute Gasteiger partial charge is 0.378 e. The quantitative estimate of drug-likeness (QED) is 0.732. The number of carbonyl (C=O) groups is 1. The van der Waals surface area contributed by atoms with Gasteiger partial charge in [-0.25, -0.2) is 4.98 Å². The van der Waals surface area contributed by atoms with Gasteiger partial charge in [0.2, 0.25) is 5.91 Å². The Bertz CT molecular complexity index is 749. The highest BCUT2D eigenvalue weighted by Crippen LogP contribution is 2.20. The Hall–Kier alpha value is -1.73. The molecule has 136 valence electrons. The summed E-state index contributed by atoms with van der Waals surface area (Å²) in [6.45, 7) is 1.66. The van der Waals surface area contributed by atoms with Gasteiger partial charge in [0.05, 0.1) is 17.8 Å². The minimum Gasteiger partial charge on any atom is -0.378 e. The molecular formula is C18H25N3O3S. The summed E-state index contributed by atoms with van der Waals surface area (Å²) in [7, 11) is 0. The number of rotatable bonds is 8. The number of hydrogen-bond donors (Lipinski definition) is 1. The molecule has 2 aromatic rings. The number of nitrogens with one attached hydrogen (secondary N) is 1. The Morgan fingerprint density at radius 2 is 2.20 bits per heavy atom. The average Bonchev–Trinajstić information content (AvgIpc) is 3.11. The van der Waals surface area contributed by atoms with Crippen molar-refractivity contribution in [3.8, 4) is 0 Å². The van der Waals surface area contributed by atoms with Gasteiger partial charge >= 0.3 is 0 Å².